The van der Waals surface area contributed by atoms with Gasteiger partial charge in [-0.1, -0.05) is 42.5 Å². The highest BCUT2D eigenvalue weighted by Crippen LogP contribution is 2.60. The third-order valence-corrected chi connectivity index (χ3v) is 10.4. The van der Waals surface area contributed by atoms with E-state index in [0.29, 0.717) is 17.5 Å². The van der Waals surface area contributed by atoms with Crippen LogP contribution in [0.15, 0.2) is 54.6 Å². The molecule has 3 rings (SSSR count). The van der Waals surface area contributed by atoms with E-state index < -0.39 is 17.7 Å². The minimum Gasteiger partial charge on any atom is -0.480 e. The zero-order valence-electron chi connectivity index (χ0n) is 18.4. The molecule has 33 heavy (non-hydrogen) atoms. The van der Waals surface area contributed by atoms with Crippen molar-refractivity contribution in [2.45, 2.75) is 25.3 Å². The van der Waals surface area contributed by atoms with Crippen LogP contribution in [-0.2, 0) is 32.1 Å². The van der Waals surface area contributed by atoms with Crippen LogP contribution in [0.25, 0.3) is 0 Å². The Bertz CT molecular complexity index is 978. The Hall–Kier alpha value is -2.07. The molecule has 2 aromatic rings. The van der Waals surface area contributed by atoms with Gasteiger partial charge in [-0.3, -0.25) is 19.3 Å². The lowest BCUT2D eigenvalue weighted by Gasteiger charge is -2.20. The predicted octanol–water partition coefficient (Wildman–Crippen LogP) is 3.91. The molecule has 1 aliphatic rings. The number of aryl methyl sites for hydroxylation is 1. The molecule has 1 heterocycles. The van der Waals surface area contributed by atoms with E-state index >= 15 is 0 Å². The van der Waals surface area contributed by atoms with Gasteiger partial charge in [0.15, 0.2) is 0 Å². The van der Waals surface area contributed by atoms with E-state index in [2.05, 4.69) is 0 Å². The fourth-order valence-corrected chi connectivity index (χ4v) is 5.64. The molecule has 0 radical (unpaired) electrons. The number of hydrogen-bond acceptors (Lipinski definition) is 8. The summed E-state index contributed by atoms with van der Waals surface area (Å²) in [5, 5.41) is 8.55. The van der Waals surface area contributed by atoms with E-state index in [1.165, 1.54) is 19.8 Å². The van der Waals surface area contributed by atoms with Crippen molar-refractivity contribution < 1.29 is 28.5 Å². The highest BCUT2D eigenvalue weighted by atomic mass is 32.9. The maximum Gasteiger partial charge on any atom is 0.320 e. The number of carboxylic acids is 1. The standard InChI is InChI=1S/C11H12NO4PS2.C11H15NO2/c1-15-17(18,16-2)19-7-12-10(13)8-5-3-4-6-9(8)11(12)14;12-10(11(13)14)8-4-7-9-5-2-1-3-6-9/h3-6H,7H2,1-2H3;1-3,5-6,10H,4,7-8,12H2,(H,13,14). The zero-order chi connectivity index (χ0) is 24.4. The Morgan fingerprint density at radius 2 is 1.58 bits per heavy atom. The molecule has 0 spiro atoms. The number of fused-ring (bicyclic) bond motifs is 1. The van der Waals surface area contributed by atoms with E-state index in [-0.39, 0.29) is 17.7 Å². The zero-order valence-corrected chi connectivity index (χ0v) is 20.9. The molecule has 3 N–H and O–H groups in total. The lowest BCUT2D eigenvalue weighted by atomic mass is 10.1. The number of aliphatic carboxylic acids is 1. The molecular formula is C22H27N2O6PS2. The van der Waals surface area contributed by atoms with Gasteiger partial charge in [-0.2, -0.15) is 0 Å². The van der Waals surface area contributed by atoms with Gasteiger partial charge < -0.3 is 19.9 Å². The average molecular weight is 511 g/mol. The largest absolute Gasteiger partial charge is 0.480 e. The van der Waals surface area contributed by atoms with Crippen molar-refractivity contribution in [2.24, 2.45) is 5.73 Å². The van der Waals surface area contributed by atoms with Gasteiger partial charge in [0.1, 0.15) is 6.04 Å². The number of carboxylic acid groups (broad SMARTS) is 1. The van der Waals surface area contributed by atoms with E-state index in [4.69, 9.17) is 31.7 Å². The third-order valence-electron chi connectivity index (χ3n) is 4.81. The Morgan fingerprint density at radius 3 is 2.06 bits per heavy atom. The summed E-state index contributed by atoms with van der Waals surface area (Å²) in [6, 6.07) is 16.0. The van der Waals surface area contributed by atoms with Crippen LogP contribution in [0.5, 0.6) is 0 Å². The van der Waals surface area contributed by atoms with Crippen LogP contribution in [0.3, 0.4) is 0 Å². The average Bonchev–Trinajstić information content (AvgIpc) is 3.08. The summed E-state index contributed by atoms with van der Waals surface area (Å²) >= 11 is 6.35. The Kier molecular flexibility index (Phi) is 10.7. The van der Waals surface area contributed by atoms with Gasteiger partial charge in [-0.15, -0.1) is 0 Å². The van der Waals surface area contributed by atoms with E-state index in [9.17, 15) is 14.4 Å². The van der Waals surface area contributed by atoms with Crippen molar-refractivity contribution in [1.29, 1.82) is 0 Å². The molecule has 1 atom stereocenters. The molecule has 0 saturated carbocycles. The molecule has 0 aromatic heterocycles. The van der Waals surface area contributed by atoms with Crippen molar-refractivity contribution in [3.8, 4) is 0 Å². The number of nitrogens with two attached hydrogens (primary N) is 1. The molecule has 2 aromatic carbocycles. The van der Waals surface area contributed by atoms with E-state index in [1.807, 2.05) is 30.3 Å². The quantitative estimate of drug-likeness (QED) is 0.362. The SMILES string of the molecule is COP(=S)(OC)SCN1C(=O)c2ccccc2C1=O.NC(CCCc1ccccc1)C(=O)O. The normalized spacial score (nSPS) is 13.8. The molecular weight excluding hydrogens is 483 g/mol. The second kappa shape index (κ2) is 13.0. The first-order valence-electron chi connectivity index (χ1n) is 10.1. The number of benzene rings is 2. The lowest BCUT2D eigenvalue weighted by Crippen LogP contribution is -2.29. The number of rotatable bonds is 10. The van der Waals surface area contributed by atoms with Gasteiger partial charge in [0.2, 0.25) is 5.69 Å². The van der Waals surface area contributed by atoms with Crippen molar-refractivity contribution in [1.82, 2.24) is 4.90 Å². The number of carbonyl (C=O) groups excluding carboxylic acids is 2. The van der Waals surface area contributed by atoms with Crippen molar-refractivity contribution in [2.75, 3.05) is 20.1 Å². The van der Waals surface area contributed by atoms with Crippen LogP contribution >= 0.6 is 17.1 Å². The van der Waals surface area contributed by atoms with Crippen LogP contribution in [0.2, 0.25) is 0 Å². The van der Waals surface area contributed by atoms with Crippen LogP contribution in [-0.4, -0.2) is 53.9 Å². The third kappa shape index (κ3) is 7.74. The molecule has 0 fully saturated rings. The van der Waals surface area contributed by atoms with Gasteiger partial charge in [0, 0.05) is 14.2 Å². The molecule has 0 saturated heterocycles. The van der Waals surface area contributed by atoms with E-state index in [0.717, 1.165) is 29.1 Å². The molecule has 0 aliphatic carbocycles. The Balaban J connectivity index is 0.000000245. The number of hydrogen-bond donors (Lipinski definition) is 2. The lowest BCUT2D eigenvalue weighted by molar-refractivity contribution is -0.138. The van der Waals surface area contributed by atoms with Crippen LogP contribution in [0.1, 0.15) is 39.1 Å². The first-order valence-corrected chi connectivity index (χ1v) is 14.3. The van der Waals surface area contributed by atoms with Gasteiger partial charge in [0.05, 0.1) is 17.0 Å². The monoisotopic (exact) mass is 510 g/mol. The highest BCUT2D eigenvalue weighted by Gasteiger charge is 2.36. The number of imide groups is 1. The van der Waals surface area contributed by atoms with Crippen LogP contribution in [0, 0.1) is 0 Å². The van der Waals surface area contributed by atoms with E-state index in [1.54, 1.807) is 24.3 Å². The highest BCUT2D eigenvalue weighted by molar-refractivity contribution is 8.67. The van der Waals surface area contributed by atoms with Crippen molar-refractivity contribution >= 4 is 46.7 Å². The molecule has 2 amide bonds. The molecule has 178 valence electrons. The van der Waals surface area contributed by atoms with Gasteiger partial charge in [0.25, 0.3) is 11.8 Å². The summed E-state index contributed by atoms with van der Waals surface area (Å²) in [7, 11) is 2.92. The summed E-state index contributed by atoms with van der Waals surface area (Å²) in [6.45, 7) is 0. The maximum absolute atomic E-state index is 12.1. The Morgan fingerprint density at radius 1 is 1.06 bits per heavy atom. The molecule has 11 heteroatoms. The van der Waals surface area contributed by atoms with Crippen LogP contribution < -0.4 is 5.73 Å². The first-order chi connectivity index (χ1) is 15.7. The fraction of sp³-hybridized carbons (Fsp3) is 0.318. The first kappa shape index (κ1) is 27.2. The summed E-state index contributed by atoms with van der Waals surface area (Å²) in [4.78, 5) is 35.8. The van der Waals surface area contributed by atoms with Crippen LogP contribution in [0.4, 0.5) is 0 Å². The predicted molar refractivity (Wildman–Crippen MR) is 133 cm³/mol. The molecule has 8 nitrogen and oxygen atoms in total. The smallest absolute Gasteiger partial charge is 0.320 e. The van der Waals surface area contributed by atoms with Crippen molar-refractivity contribution in [3.05, 3.63) is 71.3 Å². The number of amides is 2. The minimum atomic E-state index is -2.48. The summed E-state index contributed by atoms with van der Waals surface area (Å²) in [5.74, 6) is -1.40. The molecule has 1 unspecified atom stereocenters. The van der Waals surface area contributed by atoms with Gasteiger partial charge in [-0.05, 0) is 60.1 Å². The second-order valence-electron chi connectivity index (χ2n) is 6.98. The number of nitrogens with zero attached hydrogens (tertiary/aromatic N) is 1. The summed E-state index contributed by atoms with van der Waals surface area (Å²) in [6.07, 6.45) is 2.24. The minimum absolute atomic E-state index is 0.130. The fourth-order valence-electron chi connectivity index (χ4n) is 2.96. The molecule has 0 bridgehead atoms. The Labute approximate surface area is 202 Å². The maximum atomic E-state index is 12.1. The van der Waals surface area contributed by atoms with Crippen molar-refractivity contribution in [3.63, 3.8) is 0 Å². The van der Waals surface area contributed by atoms with Gasteiger partial charge in [-0.25, -0.2) is 0 Å². The number of carbonyl (C=O) groups is 3. The topological polar surface area (TPSA) is 119 Å². The molecule has 1 aliphatic heterocycles. The van der Waals surface area contributed by atoms with Gasteiger partial charge >= 0.3 is 5.97 Å². The summed E-state index contributed by atoms with van der Waals surface area (Å²) in [5.41, 5.74) is 4.98. The second-order valence-corrected chi connectivity index (χ2v) is 13.5. The summed E-state index contributed by atoms with van der Waals surface area (Å²) < 4.78 is 10.2.